The molecule has 0 aromatic carbocycles. The molecule has 0 atom stereocenters. The van der Waals surface area contributed by atoms with E-state index < -0.39 is 9.84 Å². The Kier molecular flexibility index (Phi) is 4.24. The van der Waals surface area contributed by atoms with E-state index in [1.165, 1.54) is 5.41 Å². The van der Waals surface area contributed by atoms with Crippen molar-refractivity contribution in [3.63, 3.8) is 0 Å². The summed E-state index contributed by atoms with van der Waals surface area (Å²) in [7, 11) is -3.18. The van der Waals surface area contributed by atoms with Gasteiger partial charge in [0.25, 0.3) is 0 Å². The van der Waals surface area contributed by atoms with Crippen molar-refractivity contribution in [1.82, 2.24) is 14.7 Å². The van der Waals surface area contributed by atoms with Crippen LogP contribution >= 0.6 is 11.8 Å². The summed E-state index contributed by atoms with van der Waals surface area (Å²) in [5.74, 6) is 0.514. The SMILES string of the molecule is O=S(=O)(C=CC1=Cc2cnc3cccc(n23)S1)CC1CCNCC1. The zero-order chi connectivity index (χ0) is 16.6. The fraction of sp³-hybridized carbons (Fsp3) is 0.353. The minimum Gasteiger partial charge on any atom is -0.317 e. The molecule has 4 rings (SSSR count). The van der Waals surface area contributed by atoms with E-state index in [2.05, 4.69) is 14.7 Å². The largest absolute Gasteiger partial charge is 0.317 e. The van der Waals surface area contributed by atoms with Crippen LogP contribution in [0.1, 0.15) is 18.5 Å². The highest BCUT2D eigenvalue weighted by Crippen LogP contribution is 2.35. The third kappa shape index (κ3) is 3.29. The Morgan fingerprint density at radius 3 is 3.00 bits per heavy atom. The Bertz CT molecular complexity index is 922. The van der Waals surface area contributed by atoms with Crippen molar-refractivity contribution in [2.24, 2.45) is 5.92 Å². The predicted molar refractivity (Wildman–Crippen MR) is 97.5 cm³/mol. The van der Waals surface area contributed by atoms with Gasteiger partial charge >= 0.3 is 0 Å². The average Bonchev–Trinajstić information content (AvgIpc) is 2.99. The molecular formula is C17H19N3O2S2. The molecule has 0 aliphatic carbocycles. The fourth-order valence-corrected chi connectivity index (χ4v) is 5.73. The van der Waals surface area contributed by atoms with E-state index in [1.807, 2.05) is 30.5 Å². The van der Waals surface area contributed by atoms with Gasteiger partial charge in [0.2, 0.25) is 0 Å². The van der Waals surface area contributed by atoms with Gasteiger partial charge in [-0.15, -0.1) is 0 Å². The van der Waals surface area contributed by atoms with Crippen molar-refractivity contribution in [2.75, 3.05) is 18.8 Å². The predicted octanol–water partition coefficient (Wildman–Crippen LogP) is 2.71. The molecular weight excluding hydrogens is 342 g/mol. The number of rotatable bonds is 4. The van der Waals surface area contributed by atoms with Crippen LogP contribution in [0.15, 0.2) is 45.8 Å². The monoisotopic (exact) mass is 361 g/mol. The second-order valence-corrected chi connectivity index (χ2v) is 9.24. The van der Waals surface area contributed by atoms with E-state index in [1.54, 1.807) is 17.8 Å². The third-order valence-corrected chi connectivity index (χ3v) is 6.90. The van der Waals surface area contributed by atoms with E-state index in [-0.39, 0.29) is 11.7 Å². The molecule has 0 amide bonds. The highest BCUT2D eigenvalue weighted by Gasteiger charge is 2.20. The van der Waals surface area contributed by atoms with E-state index in [0.29, 0.717) is 0 Å². The van der Waals surface area contributed by atoms with Crippen LogP contribution < -0.4 is 5.32 Å². The van der Waals surface area contributed by atoms with Crippen LogP contribution in [0.4, 0.5) is 0 Å². The minimum absolute atomic E-state index is 0.247. The van der Waals surface area contributed by atoms with Gasteiger partial charge in [-0.05, 0) is 56.1 Å². The lowest BCUT2D eigenvalue weighted by molar-refractivity contribution is 0.402. The van der Waals surface area contributed by atoms with Crippen LogP contribution in [0.5, 0.6) is 0 Å². The number of sulfone groups is 1. The van der Waals surface area contributed by atoms with E-state index in [9.17, 15) is 8.42 Å². The van der Waals surface area contributed by atoms with Crippen molar-refractivity contribution < 1.29 is 8.42 Å². The van der Waals surface area contributed by atoms with Crippen molar-refractivity contribution in [3.05, 3.63) is 46.5 Å². The van der Waals surface area contributed by atoms with Gasteiger partial charge in [-0.1, -0.05) is 17.8 Å². The van der Waals surface area contributed by atoms with E-state index >= 15 is 0 Å². The van der Waals surface area contributed by atoms with Crippen molar-refractivity contribution in [2.45, 2.75) is 17.9 Å². The summed E-state index contributed by atoms with van der Waals surface area (Å²) in [6, 6.07) is 5.95. The zero-order valence-electron chi connectivity index (χ0n) is 13.2. The Labute approximate surface area is 145 Å². The standard InChI is InChI=1S/C17H19N3O2S2/c21-24(22,12-13-4-7-18-8-5-13)9-6-15-10-14-11-19-16-2-1-3-17(23-15)20(14)16/h1-3,6,9-11,13,18H,4-5,7-8,12H2. The van der Waals surface area contributed by atoms with E-state index in [4.69, 9.17) is 0 Å². The molecule has 126 valence electrons. The summed E-state index contributed by atoms with van der Waals surface area (Å²) < 4.78 is 26.8. The van der Waals surface area contributed by atoms with Gasteiger partial charge in [0.15, 0.2) is 9.84 Å². The number of pyridine rings is 1. The molecule has 2 aliphatic heterocycles. The number of imidazole rings is 1. The number of allylic oxidation sites excluding steroid dienone is 1. The molecule has 5 nitrogen and oxygen atoms in total. The maximum Gasteiger partial charge on any atom is 0.171 e. The molecule has 0 unspecified atom stereocenters. The summed E-state index contributed by atoms with van der Waals surface area (Å²) in [4.78, 5) is 5.29. The van der Waals surface area contributed by atoms with Crippen LogP contribution in [0.3, 0.4) is 0 Å². The zero-order valence-corrected chi connectivity index (χ0v) is 14.8. The molecule has 1 fully saturated rings. The molecule has 0 saturated carbocycles. The molecule has 0 radical (unpaired) electrons. The van der Waals surface area contributed by atoms with Crippen molar-refractivity contribution >= 4 is 33.3 Å². The Morgan fingerprint density at radius 1 is 1.33 bits per heavy atom. The maximum atomic E-state index is 12.4. The highest BCUT2D eigenvalue weighted by atomic mass is 32.2. The maximum absolute atomic E-state index is 12.4. The number of nitrogens with zero attached hydrogens (tertiary/aromatic N) is 2. The first-order valence-corrected chi connectivity index (χ1v) is 10.6. The van der Waals surface area contributed by atoms with Crippen LogP contribution in [-0.2, 0) is 9.84 Å². The van der Waals surface area contributed by atoms with Crippen LogP contribution in [0, 0.1) is 5.92 Å². The highest BCUT2D eigenvalue weighted by molar-refractivity contribution is 8.03. The Morgan fingerprint density at radius 2 is 2.17 bits per heavy atom. The third-order valence-electron chi connectivity index (χ3n) is 4.40. The minimum atomic E-state index is -3.18. The second kappa shape index (κ2) is 6.38. The molecule has 24 heavy (non-hydrogen) atoms. The molecule has 2 aliphatic rings. The summed E-state index contributed by atoms with van der Waals surface area (Å²) >= 11 is 1.56. The van der Waals surface area contributed by atoms with Crippen LogP contribution in [-0.4, -0.2) is 36.6 Å². The average molecular weight is 361 g/mol. The molecule has 2 aromatic heterocycles. The van der Waals surface area contributed by atoms with Crippen molar-refractivity contribution in [3.8, 4) is 0 Å². The molecule has 0 bridgehead atoms. The van der Waals surface area contributed by atoms with Gasteiger partial charge in [-0.25, -0.2) is 13.4 Å². The Balaban J connectivity index is 1.52. The summed E-state index contributed by atoms with van der Waals surface area (Å²) in [6.07, 6.45) is 7.39. The number of hydrogen-bond acceptors (Lipinski definition) is 5. The van der Waals surface area contributed by atoms with Gasteiger partial charge in [-0.2, -0.15) is 0 Å². The first-order chi connectivity index (χ1) is 11.6. The molecule has 7 heteroatoms. The van der Waals surface area contributed by atoms with Crippen LogP contribution in [0.2, 0.25) is 0 Å². The Hall–Kier alpha value is -1.57. The number of thioether (sulfide) groups is 1. The number of nitrogens with one attached hydrogen (secondary N) is 1. The quantitative estimate of drug-likeness (QED) is 0.907. The molecule has 0 spiro atoms. The van der Waals surface area contributed by atoms with Gasteiger partial charge in [0.05, 0.1) is 22.7 Å². The van der Waals surface area contributed by atoms with Gasteiger partial charge in [-0.3, -0.25) is 4.40 Å². The molecule has 1 saturated heterocycles. The lowest BCUT2D eigenvalue weighted by Crippen LogP contribution is -2.31. The van der Waals surface area contributed by atoms with E-state index in [0.717, 1.165) is 47.2 Å². The number of hydrogen-bond donors (Lipinski definition) is 1. The summed E-state index contributed by atoms with van der Waals surface area (Å²) in [5.41, 5.74) is 1.89. The smallest absolute Gasteiger partial charge is 0.171 e. The topological polar surface area (TPSA) is 63.5 Å². The fourth-order valence-electron chi connectivity index (χ4n) is 3.19. The molecule has 4 heterocycles. The molecule has 2 aromatic rings. The molecule has 1 N–H and O–H groups in total. The second-order valence-electron chi connectivity index (χ2n) is 6.22. The summed E-state index contributed by atoms with van der Waals surface area (Å²) in [5, 5.41) is 5.70. The normalized spacial score (nSPS) is 19.1. The van der Waals surface area contributed by atoms with Crippen LogP contribution in [0.25, 0.3) is 11.7 Å². The summed E-state index contributed by atoms with van der Waals surface area (Å²) in [6.45, 7) is 1.83. The van der Waals surface area contributed by atoms with Crippen molar-refractivity contribution in [1.29, 1.82) is 0 Å². The first kappa shape index (κ1) is 15.9. The van der Waals surface area contributed by atoms with Gasteiger partial charge < -0.3 is 5.32 Å². The lowest BCUT2D eigenvalue weighted by atomic mass is 10.0. The number of piperidine rings is 1. The van der Waals surface area contributed by atoms with Gasteiger partial charge in [0.1, 0.15) is 5.65 Å². The first-order valence-electron chi connectivity index (χ1n) is 8.08. The lowest BCUT2D eigenvalue weighted by Gasteiger charge is -2.21. The number of aromatic nitrogens is 2. The van der Waals surface area contributed by atoms with Gasteiger partial charge in [0, 0.05) is 10.3 Å².